The number of rotatable bonds is 2. The summed E-state index contributed by atoms with van der Waals surface area (Å²) < 4.78 is 13.1. The molecule has 100 valence electrons. The molecule has 1 nitrogen and oxygen atoms in total. The van der Waals surface area contributed by atoms with Gasteiger partial charge in [0.2, 0.25) is 0 Å². The molecule has 0 spiro atoms. The highest BCUT2D eigenvalue weighted by atomic mass is 19.1. The minimum Gasteiger partial charge on any atom is -0.298 e. The van der Waals surface area contributed by atoms with Gasteiger partial charge in [-0.05, 0) is 76.7 Å². The summed E-state index contributed by atoms with van der Waals surface area (Å²) in [6.07, 6.45) is 3.48. The molecular weight excluding hydrogens is 225 g/mol. The number of hydrogen-bond acceptors (Lipinski definition) is 1. The number of nitrogens with zero attached hydrogens (tertiary/aromatic N) is 1. The Morgan fingerprint density at radius 2 is 1.89 bits per heavy atom. The van der Waals surface area contributed by atoms with E-state index in [4.69, 9.17) is 0 Å². The highest BCUT2D eigenvalue weighted by molar-refractivity contribution is 5.17. The molecule has 0 N–H and O–H groups in total. The topological polar surface area (TPSA) is 3.24 Å². The summed E-state index contributed by atoms with van der Waals surface area (Å²) in [4.78, 5) is 2.55. The summed E-state index contributed by atoms with van der Waals surface area (Å²) in [5, 5.41) is 0. The van der Waals surface area contributed by atoms with Crippen molar-refractivity contribution in [2.24, 2.45) is 5.92 Å². The van der Waals surface area contributed by atoms with Gasteiger partial charge in [-0.1, -0.05) is 12.1 Å². The standard InChI is InChI=1S/C16H24FN/c1-16(2,3)18-9-7-13(8-10-18)11-14-5-4-6-15(17)12-14/h4-6,12-13H,7-11H2,1-3H3. The third-order valence-electron chi connectivity index (χ3n) is 3.98. The quantitative estimate of drug-likeness (QED) is 0.769. The van der Waals surface area contributed by atoms with E-state index in [1.165, 1.54) is 32.0 Å². The van der Waals surface area contributed by atoms with Crippen LogP contribution >= 0.6 is 0 Å². The van der Waals surface area contributed by atoms with E-state index in [9.17, 15) is 4.39 Å². The van der Waals surface area contributed by atoms with Crippen LogP contribution in [0.25, 0.3) is 0 Å². The summed E-state index contributed by atoms with van der Waals surface area (Å²) in [5.41, 5.74) is 1.42. The van der Waals surface area contributed by atoms with Crippen LogP contribution in [0.4, 0.5) is 4.39 Å². The largest absolute Gasteiger partial charge is 0.298 e. The normalized spacial score (nSPS) is 19.1. The average molecular weight is 249 g/mol. The molecule has 1 aromatic rings. The van der Waals surface area contributed by atoms with Crippen molar-refractivity contribution < 1.29 is 4.39 Å². The summed E-state index contributed by atoms with van der Waals surface area (Å²) in [7, 11) is 0. The number of hydrogen-bond donors (Lipinski definition) is 0. The fourth-order valence-electron chi connectivity index (χ4n) is 2.81. The second kappa shape index (κ2) is 5.40. The Kier molecular flexibility index (Phi) is 4.06. The Labute approximate surface area is 110 Å². The lowest BCUT2D eigenvalue weighted by Crippen LogP contribution is -2.46. The van der Waals surface area contributed by atoms with Crippen LogP contribution in [-0.2, 0) is 6.42 Å². The number of piperidine rings is 1. The molecule has 1 saturated heterocycles. The SMILES string of the molecule is CC(C)(C)N1CCC(Cc2cccc(F)c2)CC1. The fraction of sp³-hybridized carbons (Fsp3) is 0.625. The van der Waals surface area contributed by atoms with Crippen molar-refractivity contribution >= 4 is 0 Å². The molecule has 1 aliphatic rings. The fourth-order valence-corrected chi connectivity index (χ4v) is 2.81. The van der Waals surface area contributed by atoms with Crippen LogP contribution in [0.2, 0.25) is 0 Å². The number of benzene rings is 1. The summed E-state index contributed by atoms with van der Waals surface area (Å²) in [5.74, 6) is 0.602. The van der Waals surface area contributed by atoms with Gasteiger partial charge in [0.05, 0.1) is 0 Å². The zero-order valence-corrected chi connectivity index (χ0v) is 11.7. The van der Waals surface area contributed by atoms with Crippen LogP contribution in [0.5, 0.6) is 0 Å². The van der Waals surface area contributed by atoms with E-state index in [1.807, 2.05) is 12.1 Å². The van der Waals surface area contributed by atoms with Gasteiger partial charge in [0, 0.05) is 5.54 Å². The molecule has 0 amide bonds. The molecule has 1 aromatic carbocycles. The molecule has 1 aliphatic heterocycles. The van der Waals surface area contributed by atoms with Crippen molar-refractivity contribution in [1.82, 2.24) is 4.90 Å². The first-order valence-electron chi connectivity index (χ1n) is 6.94. The van der Waals surface area contributed by atoms with Crippen molar-refractivity contribution in [2.45, 2.75) is 45.6 Å². The van der Waals surface area contributed by atoms with Gasteiger partial charge in [0.1, 0.15) is 5.82 Å². The maximum atomic E-state index is 13.1. The highest BCUT2D eigenvalue weighted by Gasteiger charge is 2.26. The van der Waals surface area contributed by atoms with Gasteiger partial charge >= 0.3 is 0 Å². The molecule has 1 heterocycles. The number of likely N-dealkylation sites (tertiary alicyclic amines) is 1. The maximum Gasteiger partial charge on any atom is 0.123 e. The Bertz CT molecular complexity index is 386. The monoisotopic (exact) mass is 249 g/mol. The molecule has 0 aliphatic carbocycles. The van der Waals surface area contributed by atoms with Crippen molar-refractivity contribution in [1.29, 1.82) is 0 Å². The van der Waals surface area contributed by atoms with Crippen molar-refractivity contribution in [2.75, 3.05) is 13.1 Å². The van der Waals surface area contributed by atoms with E-state index in [0.717, 1.165) is 12.0 Å². The molecule has 18 heavy (non-hydrogen) atoms. The van der Waals surface area contributed by atoms with Crippen LogP contribution in [0.15, 0.2) is 24.3 Å². The van der Waals surface area contributed by atoms with Crippen LogP contribution in [0.1, 0.15) is 39.2 Å². The predicted octanol–water partition coefficient (Wildman–Crippen LogP) is 3.88. The zero-order valence-electron chi connectivity index (χ0n) is 11.7. The molecule has 2 rings (SSSR count). The van der Waals surface area contributed by atoms with E-state index in [2.05, 4.69) is 25.7 Å². The Morgan fingerprint density at radius 1 is 1.22 bits per heavy atom. The smallest absolute Gasteiger partial charge is 0.123 e. The van der Waals surface area contributed by atoms with E-state index in [1.54, 1.807) is 6.07 Å². The first kappa shape index (κ1) is 13.5. The van der Waals surface area contributed by atoms with Gasteiger partial charge in [-0.25, -0.2) is 4.39 Å². The van der Waals surface area contributed by atoms with Crippen molar-refractivity contribution in [3.63, 3.8) is 0 Å². The van der Waals surface area contributed by atoms with Gasteiger partial charge in [-0.2, -0.15) is 0 Å². The Hall–Kier alpha value is -0.890. The first-order chi connectivity index (χ1) is 8.45. The summed E-state index contributed by atoms with van der Waals surface area (Å²) in [6, 6.07) is 7.05. The predicted molar refractivity (Wildman–Crippen MR) is 74.2 cm³/mol. The highest BCUT2D eigenvalue weighted by Crippen LogP contribution is 2.26. The summed E-state index contributed by atoms with van der Waals surface area (Å²) in [6.45, 7) is 9.17. The minimum absolute atomic E-state index is 0.111. The lowest BCUT2D eigenvalue weighted by atomic mass is 9.88. The first-order valence-corrected chi connectivity index (χ1v) is 6.94. The van der Waals surface area contributed by atoms with Gasteiger partial charge in [-0.3, -0.25) is 4.90 Å². The van der Waals surface area contributed by atoms with Gasteiger partial charge in [0.25, 0.3) is 0 Å². The van der Waals surface area contributed by atoms with Crippen molar-refractivity contribution in [3.05, 3.63) is 35.6 Å². The molecule has 0 atom stereocenters. The molecule has 0 saturated carbocycles. The zero-order chi connectivity index (χ0) is 13.2. The van der Waals surface area contributed by atoms with Crippen molar-refractivity contribution in [3.8, 4) is 0 Å². The Morgan fingerprint density at radius 3 is 2.44 bits per heavy atom. The molecule has 1 fully saturated rings. The molecule has 2 heteroatoms. The second-order valence-electron chi connectivity index (χ2n) is 6.44. The van der Waals surface area contributed by atoms with E-state index in [0.29, 0.717) is 5.92 Å². The minimum atomic E-state index is -0.111. The summed E-state index contributed by atoms with van der Waals surface area (Å²) >= 11 is 0. The third kappa shape index (κ3) is 3.55. The lowest BCUT2D eigenvalue weighted by molar-refractivity contribution is 0.0876. The van der Waals surface area contributed by atoms with E-state index in [-0.39, 0.29) is 11.4 Å². The Balaban J connectivity index is 1.87. The van der Waals surface area contributed by atoms with Crippen LogP contribution in [-0.4, -0.2) is 23.5 Å². The molecule has 0 aromatic heterocycles. The molecule has 0 unspecified atom stereocenters. The average Bonchev–Trinajstić information content (AvgIpc) is 2.28. The maximum absolute atomic E-state index is 13.1. The lowest BCUT2D eigenvalue weighted by Gasteiger charge is -2.41. The van der Waals surface area contributed by atoms with Gasteiger partial charge < -0.3 is 0 Å². The molecule has 0 radical (unpaired) electrons. The van der Waals surface area contributed by atoms with Crippen LogP contribution in [0.3, 0.4) is 0 Å². The van der Waals surface area contributed by atoms with Crippen LogP contribution < -0.4 is 0 Å². The van der Waals surface area contributed by atoms with E-state index < -0.39 is 0 Å². The van der Waals surface area contributed by atoms with Gasteiger partial charge in [0.15, 0.2) is 0 Å². The van der Waals surface area contributed by atoms with Crippen LogP contribution in [0, 0.1) is 11.7 Å². The van der Waals surface area contributed by atoms with E-state index >= 15 is 0 Å². The number of halogens is 1. The van der Waals surface area contributed by atoms with Gasteiger partial charge in [-0.15, -0.1) is 0 Å². The second-order valence-corrected chi connectivity index (χ2v) is 6.44. The molecular formula is C16H24FN. The third-order valence-corrected chi connectivity index (χ3v) is 3.98. The molecule has 0 bridgehead atoms.